The van der Waals surface area contributed by atoms with Crippen molar-refractivity contribution in [2.75, 3.05) is 59.5 Å². The van der Waals surface area contributed by atoms with E-state index < -0.39 is 10.0 Å². The van der Waals surface area contributed by atoms with Crippen molar-refractivity contribution in [3.63, 3.8) is 0 Å². The molecule has 0 N–H and O–H groups in total. The summed E-state index contributed by atoms with van der Waals surface area (Å²) in [6.45, 7) is 3.50. The third kappa shape index (κ3) is 4.89. The van der Waals surface area contributed by atoms with Crippen LogP contribution in [0.2, 0.25) is 0 Å². The summed E-state index contributed by atoms with van der Waals surface area (Å²) >= 11 is 0. The number of methoxy groups -OCH3 is 4. The van der Waals surface area contributed by atoms with Crippen LogP contribution < -0.4 is 23.8 Å². The molecule has 0 bridgehead atoms. The van der Waals surface area contributed by atoms with Crippen molar-refractivity contribution in [1.29, 1.82) is 0 Å². The lowest BCUT2D eigenvalue weighted by Crippen LogP contribution is -2.49. The van der Waals surface area contributed by atoms with Gasteiger partial charge >= 0.3 is 0 Å². The Balaban J connectivity index is 1.49. The number of hydrogen-bond donors (Lipinski definition) is 0. The fraction of sp³-hybridized carbons (Fsp3) is 0.360. The van der Waals surface area contributed by atoms with Crippen molar-refractivity contribution >= 4 is 15.8 Å². The Labute approximate surface area is 211 Å². The normalized spacial score (nSPS) is 14.4. The highest BCUT2D eigenvalue weighted by molar-refractivity contribution is 7.89. The molecule has 4 rings (SSSR count). The Morgan fingerprint density at radius 1 is 0.750 bits per heavy atom. The first-order chi connectivity index (χ1) is 17.3. The molecule has 0 atom stereocenters. The smallest absolute Gasteiger partial charge is 0.246 e. The number of benzene rings is 2. The molecule has 0 spiro atoms. The zero-order chi connectivity index (χ0) is 25.9. The van der Waals surface area contributed by atoms with Gasteiger partial charge in [-0.1, -0.05) is 6.07 Å². The summed E-state index contributed by atoms with van der Waals surface area (Å²) in [5, 5.41) is 8.78. The Morgan fingerprint density at radius 3 is 1.92 bits per heavy atom. The minimum absolute atomic E-state index is 0.188. The highest BCUT2D eigenvalue weighted by Gasteiger charge is 2.31. The lowest BCUT2D eigenvalue weighted by atomic mass is 10.1. The summed E-state index contributed by atoms with van der Waals surface area (Å²) in [6.07, 6.45) is 0. The molecular formula is C25H30N4O6S. The molecule has 3 aromatic rings. The molecule has 0 amide bonds. The van der Waals surface area contributed by atoms with Gasteiger partial charge in [-0.15, -0.1) is 10.2 Å². The van der Waals surface area contributed by atoms with Crippen LogP contribution in [0.25, 0.3) is 11.3 Å². The van der Waals surface area contributed by atoms with Crippen molar-refractivity contribution in [2.24, 2.45) is 0 Å². The van der Waals surface area contributed by atoms with Crippen molar-refractivity contribution in [1.82, 2.24) is 14.5 Å². The van der Waals surface area contributed by atoms with Crippen molar-refractivity contribution in [3.8, 4) is 34.3 Å². The van der Waals surface area contributed by atoms with E-state index in [9.17, 15) is 8.42 Å². The van der Waals surface area contributed by atoms with E-state index in [1.54, 1.807) is 33.5 Å². The number of rotatable bonds is 8. The molecule has 1 aromatic heterocycles. The average molecular weight is 515 g/mol. The van der Waals surface area contributed by atoms with Gasteiger partial charge in [-0.3, -0.25) is 0 Å². The molecule has 192 valence electrons. The minimum atomic E-state index is -3.68. The molecule has 0 unspecified atom stereocenters. The average Bonchev–Trinajstić information content (AvgIpc) is 2.92. The second-order valence-corrected chi connectivity index (χ2v) is 10.1. The zero-order valence-electron chi connectivity index (χ0n) is 21.0. The maximum atomic E-state index is 13.3. The number of aromatic nitrogens is 2. The molecular weight excluding hydrogens is 484 g/mol. The number of sulfonamides is 1. The van der Waals surface area contributed by atoms with Gasteiger partial charge in [0.2, 0.25) is 15.8 Å². The van der Waals surface area contributed by atoms with Crippen LogP contribution >= 0.6 is 0 Å². The third-order valence-corrected chi connectivity index (χ3v) is 8.03. The number of hydrogen-bond acceptors (Lipinski definition) is 9. The van der Waals surface area contributed by atoms with Gasteiger partial charge in [-0.25, -0.2) is 8.42 Å². The summed E-state index contributed by atoms with van der Waals surface area (Å²) in [5.41, 5.74) is 2.27. The summed E-state index contributed by atoms with van der Waals surface area (Å²) in [5.74, 6) is 2.58. The number of anilines is 1. The van der Waals surface area contributed by atoms with E-state index in [2.05, 4.69) is 10.2 Å². The molecule has 10 nitrogen and oxygen atoms in total. The highest BCUT2D eigenvalue weighted by atomic mass is 32.2. The Morgan fingerprint density at radius 2 is 1.39 bits per heavy atom. The number of nitrogens with zero attached hydrogens (tertiary/aromatic N) is 4. The molecule has 11 heteroatoms. The largest absolute Gasteiger partial charge is 0.495 e. The molecule has 36 heavy (non-hydrogen) atoms. The van der Waals surface area contributed by atoms with Gasteiger partial charge in [-0.05, 0) is 48.9 Å². The van der Waals surface area contributed by atoms with Crippen LogP contribution in [-0.2, 0) is 10.0 Å². The van der Waals surface area contributed by atoms with Gasteiger partial charge in [-0.2, -0.15) is 4.31 Å². The van der Waals surface area contributed by atoms with E-state index in [0.717, 1.165) is 11.1 Å². The van der Waals surface area contributed by atoms with Gasteiger partial charge in [0.05, 0.1) is 34.1 Å². The number of piperazine rings is 1. The quantitative estimate of drug-likeness (QED) is 0.449. The highest BCUT2D eigenvalue weighted by Crippen LogP contribution is 2.40. The molecule has 0 radical (unpaired) electrons. The summed E-state index contributed by atoms with van der Waals surface area (Å²) in [7, 11) is 2.46. The summed E-state index contributed by atoms with van der Waals surface area (Å²) in [6, 6.07) is 12.5. The molecule has 2 heterocycles. The minimum Gasteiger partial charge on any atom is -0.495 e. The molecule has 0 aliphatic carbocycles. The third-order valence-electron chi connectivity index (χ3n) is 6.11. The first-order valence-corrected chi connectivity index (χ1v) is 12.8. The number of ether oxygens (including phenoxy) is 4. The van der Waals surface area contributed by atoms with Gasteiger partial charge in [0.25, 0.3) is 0 Å². The van der Waals surface area contributed by atoms with E-state index in [1.807, 2.05) is 42.2 Å². The topological polar surface area (TPSA) is 103 Å². The van der Waals surface area contributed by atoms with Crippen molar-refractivity contribution in [2.45, 2.75) is 11.8 Å². The molecule has 1 aliphatic rings. The second kappa shape index (κ2) is 10.6. The summed E-state index contributed by atoms with van der Waals surface area (Å²) < 4.78 is 49.6. The van der Waals surface area contributed by atoms with Crippen LogP contribution in [0, 0.1) is 6.92 Å². The molecule has 1 saturated heterocycles. The summed E-state index contributed by atoms with van der Waals surface area (Å²) in [4.78, 5) is 2.21. The van der Waals surface area contributed by atoms with E-state index >= 15 is 0 Å². The fourth-order valence-corrected chi connectivity index (χ4v) is 5.82. The van der Waals surface area contributed by atoms with Crippen LogP contribution in [0.15, 0.2) is 47.4 Å². The van der Waals surface area contributed by atoms with Crippen LogP contribution in [0.4, 0.5) is 5.82 Å². The van der Waals surface area contributed by atoms with E-state index in [0.29, 0.717) is 60.7 Å². The molecule has 1 fully saturated rings. The first kappa shape index (κ1) is 25.5. The Hall–Kier alpha value is -3.57. The Kier molecular flexibility index (Phi) is 7.51. The molecule has 0 saturated carbocycles. The van der Waals surface area contributed by atoms with Gasteiger partial charge in [0, 0.05) is 31.7 Å². The molecule has 1 aliphatic heterocycles. The standard InChI is InChI=1S/C25H30N4O6S/c1-17-6-8-20(32-2)23(14-17)36(30,31)29-12-10-28(11-13-29)24-9-7-19(26-27-24)18-15-21(33-3)25(35-5)22(16-18)34-4/h6-9,14-16H,10-13H2,1-5H3. The van der Waals surface area contributed by atoms with E-state index in [1.165, 1.54) is 11.4 Å². The number of aryl methyl sites for hydroxylation is 1. The first-order valence-electron chi connectivity index (χ1n) is 11.4. The zero-order valence-corrected chi connectivity index (χ0v) is 21.8. The second-order valence-electron chi connectivity index (χ2n) is 8.24. The fourth-order valence-electron chi connectivity index (χ4n) is 4.16. The van der Waals surface area contributed by atoms with E-state index in [-0.39, 0.29) is 4.90 Å². The predicted octanol–water partition coefficient (Wildman–Crippen LogP) is 3.00. The maximum absolute atomic E-state index is 13.3. The van der Waals surface area contributed by atoms with Crippen LogP contribution in [0.5, 0.6) is 23.0 Å². The van der Waals surface area contributed by atoms with Crippen molar-refractivity contribution in [3.05, 3.63) is 48.0 Å². The Bertz CT molecular complexity index is 1300. The van der Waals surface area contributed by atoms with Crippen LogP contribution in [0.3, 0.4) is 0 Å². The van der Waals surface area contributed by atoms with Gasteiger partial charge in [0.1, 0.15) is 10.6 Å². The van der Waals surface area contributed by atoms with Crippen LogP contribution in [-0.4, -0.2) is 77.5 Å². The maximum Gasteiger partial charge on any atom is 0.246 e. The molecule has 2 aromatic carbocycles. The van der Waals surface area contributed by atoms with Gasteiger partial charge in [0.15, 0.2) is 17.3 Å². The predicted molar refractivity (Wildman–Crippen MR) is 136 cm³/mol. The van der Waals surface area contributed by atoms with Crippen molar-refractivity contribution < 1.29 is 27.4 Å². The lowest BCUT2D eigenvalue weighted by Gasteiger charge is -2.34. The van der Waals surface area contributed by atoms with Gasteiger partial charge < -0.3 is 23.8 Å². The van der Waals surface area contributed by atoms with Crippen LogP contribution in [0.1, 0.15) is 5.56 Å². The lowest BCUT2D eigenvalue weighted by molar-refractivity contribution is 0.324. The SMILES string of the molecule is COc1ccc(C)cc1S(=O)(=O)N1CCN(c2ccc(-c3cc(OC)c(OC)c(OC)c3)nn2)CC1. The van der Waals surface area contributed by atoms with E-state index in [4.69, 9.17) is 18.9 Å². The monoisotopic (exact) mass is 514 g/mol.